The van der Waals surface area contributed by atoms with E-state index >= 15 is 0 Å². The van der Waals surface area contributed by atoms with Gasteiger partial charge in [-0.3, -0.25) is 0 Å². The Morgan fingerprint density at radius 3 is 2.69 bits per heavy atom. The summed E-state index contributed by atoms with van der Waals surface area (Å²) in [6.07, 6.45) is 3.22. The van der Waals surface area contributed by atoms with Crippen molar-refractivity contribution >= 4 is 24.0 Å². The minimum atomic E-state index is -4.15. The zero-order valence-electron chi connectivity index (χ0n) is 6.47. The number of alkyl halides is 3. The van der Waals surface area contributed by atoms with Gasteiger partial charge in [0.05, 0.1) is 0 Å². The second kappa shape index (κ2) is 4.19. The number of nitrogens with zero attached hydrogens (tertiary/aromatic N) is 1. The van der Waals surface area contributed by atoms with Crippen LogP contribution in [0.25, 0.3) is 0 Å². The molecule has 1 N–H and O–H groups in total. The molecular formula is C6H7F3N2S2. The Morgan fingerprint density at radius 1 is 1.54 bits per heavy atom. The molecule has 0 saturated heterocycles. The number of aromatic amines is 1. The molecule has 0 atom stereocenters. The molecule has 0 saturated carbocycles. The molecule has 0 aromatic carbocycles. The molecule has 1 aromatic heterocycles. The van der Waals surface area contributed by atoms with E-state index in [0.29, 0.717) is 4.77 Å². The van der Waals surface area contributed by atoms with Crippen LogP contribution in [0.3, 0.4) is 0 Å². The van der Waals surface area contributed by atoms with Gasteiger partial charge in [-0.2, -0.15) is 13.2 Å². The van der Waals surface area contributed by atoms with Gasteiger partial charge >= 0.3 is 5.51 Å². The summed E-state index contributed by atoms with van der Waals surface area (Å²) in [4.78, 5) is 2.70. The highest BCUT2D eigenvalue weighted by atomic mass is 32.2. The van der Waals surface area contributed by atoms with Crippen LogP contribution in [-0.4, -0.2) is 20.8 Å². The third-order valence-electron chi connectivity index (χ3n) is 1.32. The fourth-order valence-corrected chi connectivity index (χ4v) is 1.52. The summed E-state index contributed by atoms with van der Waals surface area (Å²) >= 11 is 4.77. The normalized spacial score (nSPS) is 11.9. The Labute approximate surface area is 82.1 Å². The number of rotatable bonds is 3. The number of aryl methyl sites for hydroxylation is 1. The monoisotopic (exact) mass is 228 g/mol. The molecule has 0 aliphatic carbocycles. The fourth-order valence-electron chi connectivity index (χ4n) is 0.785. The van der Waals surface area contributed by atoms with Crippen LogP contribution in [0.4, 0.5) is 13.2 Å². The van der Waals surface area contributed by atoms with E-state index in [1.165, 1.54) is 0 Å². The Kier molecular flexibility index (Phi) is 3.43. The van der Waals surface area contributed by atoms with Crippen LogP contribution in [0, 0.1) is 4.77 Å². The van der Waals surface area contributed by atoms with Crippen molar-refractivity contribution in [2.75, 3.05) is 5.75 Å². The predicted octanol–water partition coefficient (Wildman–Crippen LogP) is 2.80. The predicted molar refractivity (Wildman–Crippen MR) is 48.1 cm³/mol. The van der Waals surface area contributed by atoms with Gasteiger partial charge in [0.25, 0.3) is 0 Å². The summed E-state index contributed by atoms with van der Waals surface area (Å²) in [6, 6.07) is 0. The molecule has 0 radical (unpaired) electrons. The first-order chi connectivity index (χ1) is 5.99. The van der Waals surface area contributed by atoms with Crippen molar-refractivity contribution in [1.82, 2.24) is 9.55 Å². The van der Waals surface area contributed by atoms with E-state index in [9.17, 15) is 13.2 Å². The molecule has 0 aliphatic rings. The Bertz CT molecular complexity index is 314. The molecule has 0 bridgehead atoms. The second-order valence-corrected chi connectivity index (χ2v) is 3.80. The smallest absolute Gasteiger partial charge is 0.337 e. The molecule has 0 aliphatic heterocycles. The minimum Gasteiger partial charge on any atom is -0.337 e. The van der Waals surface area contributed by atoms with Crippen molar-refractivity contribution < 1.29 is 13.2 Å². The van der Waals surface area contributed by atoms with Crippen molar-refractivity contribution in [2.45, 2.75) is 12.1 Å². The summed E-state index contributed by atoms with van der Waals surface area (Å²) in [5.41, 5.74) is -4.15. The first-order valence-corrected chi connectivity index (χ1v) is 4.83. The summed E-state index contributed by atoms with van der Waals surface area (Å²) in [7, 11) is 0. The van der Waals surface area contributed by atoms with E-state index in [1.54, 1.807) is 17.0 Å². The first kappa shape index (κ1) is 10.6. The van der Waals surface area contributed by atoms with Gasteiger partial charge in [-0.05, 0) is 24.0 Å². The molecule has 74 valence electrons. The highest BCUT2D eigenvalue weighted by Crippen LogP contribution is 2.29. The van der Waals surface area contributed by atoms with Crippen LogP contribution < -0.4 is 0 Å². The average molecular weight is 228 g/mol. The highest BCUT2D eigenvalue weighted by molar-refractivity contribution is 8.00. The van der Waals surface area contributed by atoms with Gasteiger partial charge in [0.1, 0.15) is 0 Å². The molecule has 1 heterocycles. The van der Waals surface area contributed by atoms with Gasteiger partial charge < -0.3 is 9.55 Å². The number of thioether (sulfide) groups is 1. The number of H-pyrrole nitrogens is 1. The maximum absolute atomic E-state index is 11.7. The zero-order chi connectivity index (χ0) is 9.90. The number of hydrogen-bond donors (Lipinski definition) is 1. The van der Waals surface area contributed by atoms with Crippen LogP contribution in [-0.2, 0) is 6.54 Å². The molecule has 1 aromatic rings. The lowest BCUT2D eigenvalue weighted by Crippen LogP contribution is -2.06. The van der Waals surface area contributed by atoms with E-state index in [1.807, 2.05) is 0 Å². The third-order valence-corrected chi connectivity index (χ3v) is 2.39. The molecule has 0 amide bonds. The van der Waals surface area contributed by atoms with Crippen molar-refractivity contribution in [3.63, 3.8) is 0 Å². The summed E-state index contributed by atoms with van der Waals surface area (Å²) < 4.78 is 37.1. The van der Waals surface area contributed by atoms with Crippen LogP contribution >= 0.6 is 24.0 Å². The van der Waals surface area contributed by atoms with Gasteiger partial charge in [0, 0.05) is 24.7 Å². The van der Waals surface area contributed by atoms with E-state index in [-0.39, 0.29) is 24.1 Å². The van der Waals surface area contributed by atoms with Gasteiger partial charge in [0.15, 0.2) is 4.77 Å². The second-order valence-electron chi connectivity index (χ2n) is 2.25. The van der Waals surface area contributed by atoms with E-state index in [0.717, 1.165) is 0 Å². The molecule has 0 fully saturated rings. The fraction of sp³-hybridized carbons (Fsp3) is 0.500. The Balaban J connectivity index is 2.37. The van der Waals surface area contributed by atoms with Crippen LogP contribution in [0.15, 0.2) is 12.4 Å². The molecule has 2 nitrogen and oxygen atoms in total. The van der Waals surface area contributed by atoms with Crippen molar-refractivity contribution in [3.8, 4) is 0 Å². The van der Waals surface area contributed by atoms with Crippen LogP contribution in [0.5, 0.6) is 0 Å². The summed E-state index contributed by atoms with van der Waals surface area (Å²) in [6.45, 7) is 0.270. The first-order valence-electron chi connectivity index (χ1n) is 3.43. The lowest BCUT2D eigenvalue weighted by Gasteiger charge is -2.05. The van der Waals surface area contributed by atoms with Gasteiger partial charge in [-0.15, -0.1) is 0 Å². The molecule has 7 heteroatoms. The highest BCUT2D eigenvalue weighted by Gasteiger charge is 2.27. The minimum absolute atomic E-state index is 0.0182. The van der Waals surface area contributed by atoms with E-state index < -0.39 is 5.51 Å². The van der Waals surface area contributed by atoms with E-state index in [4.69, 9.17) is 12.2 Å². The molecular weight excluding hydrogens is 221 g/mol. The quantitative estimate of drug-likeness (QED) is 0.803. The van der Waals surface area contributed by atoms with E-state index in [2.05, 4.69) is 4.98 Å². The van der Waals surface area contributed by atoms with Gasteiger partial charge in [0.2, 0.25) is 0 Å². The third kappa shape index (κ3) is 3.86. The van der Waals surface area contributed by atoms with Crippen LogP contribution in [0.2, 0.25) is 0 Å². The lowest BCUT2D eigenvalue weighted by molar-refractivity contribution is -0.0328. The topological polar surface area (TPSA) is 20.7 Å². The molecule has 13 heavy (non-hydrogen) atoms. The maximum Gasteiger partial charge on any atom is 0.441 e. The van der Waals surface area contributed by atoms with Crippen molar-refractivity contribution in [1.29, 1.82) is 0 Å². The average Bonchev–Trinajstić information content (AvgIpc) is 2.34. The maximum atomic E-state index is 11.7. The summed E-state index contributed by atoms with van der Waals surface area (Å²) in [5, 5.41) is 0. The molecule has 1 rings (SSSR count). The number of imidazole rings is 1. The van der Waals surface area contributed by atoms with Crippen molar-refractivity contribution in [3.05, 3.63) is 17.2 Å². The Morgan fingerprint density at radius 2 is 2.23 bits per heavy atom. The largest absolute Gasteiger partial charge is 0.441 e. The molecule has 0 spiro atoms. The van der Waals surface area contributed by atoms with Gasteiger partial charge in [-0.25, -0.2) is 0 Å². The van der Waals surface area contributed by atoms with Crippen LogP contribution in [0.1, 0.15) is 0 Å². The van der Waals surface area contributed by atoms with Crippen molar-refractivity contribution in [2.24, 2.45) is 0 Å². The number of nitrogens with one attached hydrogen (secondary N) is 1. The number of halogens is 3. The summed E-state index contributed by atoms with van der Waals surface area (Å²) in [5.74, 6) is -0.0182. The number of hydrogen-bond acceptors (Lipinski definition) is 2. The SMILES string of the molecule is FC(F)(F)SCCn1cc[nH]c1=S. The number of aromatic nitrogens is 2. The standard InChI is InChI=1S/C6H7F3N2S2/c7-6(8,9)13-4-3-11-2-1-10-5(11)12/h1-2H,3-4H2,(H,10,12). The molecule has 0 unspecified atom stereocenters. The zero-order valence-corrected chi connectivity index (χ0v) is 8.10. The van der Waals surface area contributed by atoms with Gasteiger partial charge in [-0.1, -0.05) is 0 Å². The lowest BCUT2D eigenvalue weighted by atomic mass is 10.7. The Hall–Kier alpha value is -0.430.